The fourth-order valence-corrected chi connectivity index (χ4v) is 5.30. The van der Waals surface area contributed by atoms with E-state index in [1.807, 2.05) is 67.5 Å². The van der Waals surface area contributed by atoms with Gasteiger partial charge in [-0.3, -0.25) is 4.99 Å². The van der Waals surface area contributed by atoms with Gasteiger partial charge in [-0.05, 0) is 42.3 Å². The van der Waals surface area contributed by atoms with Crippen molar-refractivity contribution in [3.8, 4) is 11.5 Å². The first kappa shape index (κ1) is 25.8. The molecular weight excluding hydrogens is 468 g/mol. The van der Waals surface area contributed by atoms with Crippen LogP contribution in [-0.2, 0) is 27.4 Å². The Morgan fingerprint density at radius 1 is 0.914 bits per heavy atom. The zero-order valence-corrected chi connectivity index (χ0v) is 21.6. The molecule has 2 aromatic carbocycles. The number of hydrogen-bond acceptors (Lipinski definition) is 9. The fourth-order valence-electron chi connectivity index (χ4n) is 4.16. The molecule has 0 radical (unpaired) electrons. The third-order valence-corrected chi connectivity index (χ3v) is 7.40. The lowest BCUT2D eigenvalue weighted by atomic mass is 9.94. The van der Waals surface area contributed by atoms with Gasteiger partial charge >= 0.3 is 0 Å². The van der Waals surface area contributed by atoms with Crippen LogP contribution in [0.15, 0.2) is 53.5 Å². The molecular formula is C26H34N2O6S. The van der Waals surface area contributed by atoms with Crippen molar-refractivity contribution in [1.29, 1.82) is 0 Å². The normalized spacial score (nSPS) is 26.6. The third-order valence-electron chi connectivity index (χ3n) is 6.10. The highest BCUT2D eigenvalue weighted by Crippen LogP contribution is 2.40. The Morgan fingerprint density at radius 2 is 1.43 bits per heavy atom. The van der Waals surface area contributed by atoms with E-state index in [4.69, 9.17) is 28.7 Å². The van der Waals surface area contributed by atoms with E-state index in [2.05, 4.69) is 0 Å². The van der Waals surface area contributed by atoms with E-state index in [1.165, 1.54) is 0 Å². The molecule has 0 amide bonds. The Morgan fingerprint density at radius 3 is 1.89 bits per heavy atom. The summed E-state index contributed by atoms with van der Waals surface area (Å²) < 4.78 is 29.7. The molecule has 0 saturated carbocycles. The first-order valence-corrected chi connectivity index (χ1v) is 12.5. The van der Waals surface area contributed by atoms with Crippen molar-refractivity contribution in [1.82, 2.24) is 4.90 Å². The number of ether oxygens (including phenoxy) is 5. The van der Waals surface area contributed by atoms with Crippen molar-refractivity contribution in [3.05, 3.63) is 59.7 Å². The molecule has 2 aliphatic heterocycles. The predicted octanol–water partition coefficient (Wildman–Crippen LogP) is 3.31. The second kappa shape index (κ2) is 11.6. The van der Waals surface area contributed by atoms with Crippen LogP contribution in [0.4, 0.5) is 0 Å². The van der Waals surface area contributed by atoms with Gasteiger partial charge in [0.15, 0.2) is 5.17 Å². The molecule has 1 N–H and O–H groups in total. The molecule has 2 heterocycles. The van der Waals surface area contributed by atoms with Gasteiger partial charge in [0.2, 0.25) is 0 Å². The van der Waals surface area contributed by atoms with Crippen LogP contribution in [0.25, 0.3) is 0 Å². The SMILES string of the molecule is COc1ccc(CO[C@@H]2[C@H](OCc3ccc(OC)cc3)[C@H]3N=C(N(C)C)S[C@H]3O[C@@H]2[C@@H](C)O)cc1. The molecule has 8 nitrogen and oxygen atoms in total. The topological polar surface area (TPSA) is 82.0 Å². The maximum Gasteiger partial charge on any atom is 0.161 e. The molecule has 1 saturated heterocycles. The number of rotatable bonds is 9. The number of benzene rings is 2. The van der Waals surface area contributed by atoms with Crippen LogP contribution in [0.1, 0.15) is 18.1 Å². The van der Waals surface area contributed by atoms with Crippen molar-refractivity contribution in [3.63, 3.8) is 0 Å². The van der Waals surface area contributed by atoms with Gasteiger partial charge in [0.25, 0.3) is 0 Å². The van der Waals surface area contributed by atoms with Gasteiger partial charge in [0.05, 0.1) is 33.5 Å². The fraction of sp³-hybridized carbons (Fsp3) is 0.500. The highest BCUT2D eigenvalue weighted by Gasteiger charge is 2.52. The second-order valence-electron chi connectivity index (χ2n) is 8.87. The lowest BCUT2D eigenvalue weighted by Gasteiger charge is -2.43. The van der Waals surface area contributed by atoms with Crippen LogP contribution < -0.4 is 9.47 Å². The summed E-state index contributed by atoms with van der Waals surface area (Å²) >= 11 is 1.55. The van der Waals surface area contributed by atoms with Crippen molar-refractivity contribution in [2.45, 2.75) is 56.0 Å². The minimum absolute atomic E-state index is 0.256. The van der Waals surface area contributed by atoms with Crippen LogP contribution in [0, 0.1) is 0 Å². The highest BCUT2D eigenvalue weighted by atomic mass is 32.2. The summed E-state index contributed by atoms with van der Waals surface area (Å²) in [6, 6.07) is 15.2. The molecule has 190 valence electrons. The molecule has 6 atom stereocenters. The van der Waals surface area contributed by atoms with E-state index in [0.717, 1.165) is 27.8 Å². The van der Waals surface area contributed by atoms with Crippen LogP contribution in [0.3, 0.4) is 0 Å². The Kier molecular flexibility index (Phi) is 8.56. The number of amidine groups is 1. The average Bonchev–Trinajstić information content (AvgIpc) is 3.31. The maximum atomic E-state index is 10.6. The standard InChI is InChI=1S/C26H34N2O6S/c1-16(29)22-24(33-15-18-8-12-20(31-5)13-9-18)23(21-25(34-22)35-26(27-21)28(2)3)32-14-17-6-10-19(30-4)11-7-17/h6-13,16,21-25,29H,14-15H2,1-5H3/t16-,21-,22-,23-,24+,25-/m1/s1. The minimum Gasteiger partial charge on any atom is -0.497 e. The molecule has 2 aliphatic rings. The third kappa shape index (κ3) is 6.10. The van der Waals surface area contributed by atoms with Gasteiger partial charge in [-0.25, -0.2) is 0 Å². The van der Waals surface area contributed by atoms with E-state index < -0.39 is 24.4 Å². The van der Waals surface area contributed by atoms with Gasteiger partial charge in [0, 0.05) is 14.1 Å². The number of hydrogen-bond donors (Lipinski definition) is 1. The summed E-state index contributed by atoms with van der Waals surface area (Å²) in [5.74, 6) is 1.58. The monoisotopic (exact) mass is 502 g/mol. The van der Waals surface area contributed by atoms with E-state index >= 15 is 0 Å². The maximum absolute atomic E-state index is 10.6. The van der Waals surface area contributed by atoms with E-state index in [-0.39, 0.29) is 11.5 Å². The lowest BCUT2D eigenvalue weighted by Crippen LogP contribution is -2.59. The molecule has 4 rings (SSSR count). The molecule has 0 spiro atoms. The number of thioether (sulfide) groups is 1. The van der Waals surface area contributed by atoms with Crippen LogP contribution in [0.5, 0.6) is 11.5 Å². The van der Waals surface area contributed by atoms with Gasteiger partial charge in [0.1, 0.15) is 41.3 Å². The van der Waals surface area contributed by atoms with E-state index in [0.29, 0.717) is 13.2 Å². The van der Waals surface area contributed by atoms with E-state index in [1.54, 1.807) is 32.9 Å². The van der Waals surface area contributed by atoms with Crippen molar-refractivity contribution in [2.24, 2.45) is 4.99 Å². The van der Waals surface area contributed by atoms with Gasteiger partial charge in [-0.2, -0.15) is 0 Å². The summed E-state index contributed by atoms with van der Waals surface area (Å²) in [5, 5.41) is 11.5. The molecule has 35 heavy (non-hydrogen) atoms. The zero-order chi connectivity index (χ0) is 24.9. The quantitative estimate of drug-likeness (QED) is 0.559. The number of aliphatic imine (C=N–C) groups is 1. The summed E-state index contributed by atoms with van der Waals surface area (Å²) in [7, 11) is 7.20. The molecule has 9 heteroatoms. The lowest BCUT2D eigenvalue weighted by molar-refractivity contribution is -0.218. The molecule has 1 fully saturated rings. The number of aliphatic hydroxyl groups excluding tert-OH is 1. The van der Waals surface area contributed by atoms with Crippen LogP contribution in [-0.4, -0.2) is 79.4 Å². The number of aliphatic hydroxyl groups is 1. The Balaban J connectivity index is 1.57. The van der Waals surface area contributed by atoms with Gasteiger partial charge in [-0.1, -0.05) is 36.0 Å². The molecule has 0 aliphatic carbocycles. The summed E-state index contributed by atoms with van der Waals surface area (Å²) in [5.41, 5.74) is 1.75. The summed E-state index contributed by atoms with van der Waals surface area (Å²) in [6.45, 7) is 2.45. The van der Waals surface area contributed by atoms with Crippen LogP contribution >= 0.6 is 11.8 Å². The predicted molar refractivity (Wildman–Crippen MR) is 136 cm³/mol. The van der Waals surface area contributed by atoms with Crippen molar-refractivity contribution >= 4 is 16.9 Å². The molecule has 2 aromatic rings. The molecule has 0 aromatic heterocycles. The Bertz CT molecular complexity index is 982. The van der Waals surface area contributed by atoms with Crippen molar-refractivity contribution < 1.29 is 28.8 Å². The smallest absolute Gasteiger partial charge is 0.161 e. The number of fused-ring (bicyclic) bond motifs is 1. The molecule has 0 unspecified atom stereocenters. The van der Waals surface area contributed by atoms with Crippen LogP contribution in [0.2, 0.25) is 0 Å². The second-order valence-corrected chi connectivity index (χ2v) is 9.94. The average molecular weight is 503 g/mol. The minimum atomic E-state index is -0.743. The molecule has 0 bridgehead atoms. The summed E-state index contributed by atoms with van der Waals surface area (Å²) in [6.07, 6.45) is -2.21. The highest BCUT2D eigenvalue weighted by molar-refractivity contribution is 8.14. The first-order valence-electron chi connectivity index (χ1n) is 11.6. The summed E-state index contributed by atoms with van der Waals surface area (Å²) in [4.78, 5) is 6.88. The largest absolute Gasteiger partial charge is 0.497 e. The van der Waals surface area contributed by atoms with Crippen molar-refractivity contribution in [2.75, 3.05) is 28.3 Å². The first-order chi connectivity index (χ1) is 16.9. The Hall–Kier alpha value is -2.30. The van der Waals surface area contributed by atoms with Gasteiger partial charge < -0.3 is 33.7 Å². The Labute approximate surface area is 211 Å². The van der Waals surface area contributed by atoms with E-state index in [9.17, 15) is 5.11 Å². The van der Waals surface area contributed by atoms with Gasteiger partial charge in [-0.15, -0.1) is 0 Å². The number of methoxy groups -OCH3 is 2. The number of nitrogens with zero attached hydrogens (tertiary/aromatic N) is 2. The zero-order valence-electron chi connectivity index (χ0n) is 20.8.